The van der Waals surface area contributed by atoms with Crippen LogP contribution in [0.2, 0.25) is 0 Å². The van der Waals surface area contributed by atoms with Crippen LogP contribution in [0, 0.1) is 11.8 Å². The highest BCUT2D eigenvalue weighted by Gasteiger charge is 2.28. The number of likely N-dealkylation sites (tertiary alicyclic amines) is 1. The van der Waals surface area contributed by atoms with Crippen molar-refractivity contribution in [1.82, 2.24) is 24.6 Å². The number of aromatic amines is 1. The molecule has 0 spiro atoms. The first kappa shape index (κ1) is 19.3. The van der Waals surface area contributed by atoms with Gasteiger partial charge in [-0.2, -0.15) is 5.10 Å². The molecule has 6 heteroatoms. The molecule has 1 N–H and O–H groups in total. The lowest BCUT2D eigenvalue weighted by Crippen LogP contribution is -2.37. The van der Waals surface area contributed by atoms with Crippen LogP contribution in [0.1, 0.15) is 51.4 Å². The molecule has 3 heterocycles. The molecule has 1 aromatic carbocycles. The molecule has 1 atom stereocenters. The monoisotopic (exact) mass is 405 g/mol. The van der Waals surface area contributed by atoms with E-state index in [2.05, 4.69) is 42.8 Å². The van der Waals surface area contributed by atoms with E-state index in [4.69, 9.17) is 0 Å². The van der Waals surface area contributed by atoms with Crippen molar-refractivity contribution in [2.45, 2.75) is 57.9 Å². The Morgan fingerprint density at radius 3 is 2.77 bits per heavy atom. The maximum Gasteiger partial charge on any atom is 0.225 e. The van der Waals surface area contributed by atoms with Gasteiger partial charge in [-0.05, 0) is 55.7 Å². The first-order valence-electron chi connectivity index (χ1n) is 11.5. The molecule has 5 rings (SSSR count). The number of fused-ring (bicyclic) bond motifs is 1. The number of nitrogens with one attached hydrogen (secondary N) is 1. The van der Waals surface area contributed by atoms with Crippen molar-refractivity contribution >= 4 is 16.9 Å². The zero-order chi connectivity index (χ0) is 20.3. The predicted molar refractivity (Wildman–Crippen MR) is 118 cm³/mol. The highest BCUT2D eigenvalue weighted by Crippen LogP contribution is 2.29. The molecular weight excluding hydrogens is 374 g/mol. The summed E-state index contributed by atoms with van der Waals surface area (Å²) in [6.45, 7) is 2.83. The van der Waals surface area contributed by atoms with Crippen LogP contribution in [0.3, 0.4) is 0 Å². The summed E-state index contributed by atoms with van der Waals surface area (Å²) in [4.78, 5) is 19.8. The summed E-state index contributed by atoms with van der Waals surface area (Å²) < 4.78 is 2.29. The number of carbonyl (C=O) groups excluding carboxylic acids is 1. The molecule has 2 aromatic heterocycles. The fourth-order valence-electron chi connectivity index (χ4n) is 5.25. The third kappa shape index (κ3) is 4.00. The van der Waals surface area contributed by atoms with Gasteiger partial charge < -0.3 is 9.47 Å². The third-order valence-corrected chi connectivity index (χ3v) is 7.02. The highest BCUT2D eigenvalue weighted by atomic mass is 16.2. The van der Waals surface area contributed by atoms with Crippen molar-refractivity contribution in [3.8, 4) is 11.1 Å². The number of rotatable bonds is 4. The van der Waals surface area contributed by atoms with Crippen molar-refractivity contribution in [2.24, 2.45) is 11.8 Å². The van der Waals surface area contributed by atoms with Gasteiger partial charge >= 0.3 is 0 Å². The summed E-state index contributed by atoms with van der Waals surface area (Å²) in [6, 6.07) is 6.44. The fourth-order valence-corrected chi connectivity index (χ4v) is 5.25. The molecule has 1 unspecified atom stereocenters. The van der Waals surface area contributed by atoms with E-state index in [1.165, 1.54) is 31.2 Å². The van der Waals surface area contributed by atoms with Gasteiger partial charge in [-0.3, -0.25) is 9.89 Å². The molecule has 1 saturated carbocycles. The Morgan fingerprint density at radius 1 is 1.03 bits per heavy atom. The first-order chi connectivity index (χ1) is 14.8. The number of H-pyrrole nitrogens is 1. The van der Waals surface area contributed by atoms with Crippen molar-refractivity contribution in [3.05, 3.63) is 36.9 Å². The quantitative estimate of drug-likeness (QED) is 0.688. The van der Waals surface area contributed by atoms with E-state index in [0.717, 1.165) is 62.0 Å². The van der Waals surface area contributed by atoms with Crippen molar-refractivity contribution < 1.29 is 4.79 Å². The van der Waals surface area contributed by atoms with Crippen LogP contribution >= 0.6 is 0 Å². The van der Waals surface area contributed by atoms with E-state index < -0.39 is 0 Å². The Kier molecular flexibility index (Phi) is 5.56. The minimum Gasteiger partial charge on any atom is -0.342 e. The molecule has 30 heavy (non-hydrogen) atoms. The Balaban J connectivity index is 1.24. The standard InChI is InChI=1S/C24H31N5O/c30-24(19-6-2-1-3-7-19)28-11-4-5-18(10-12-28)16-29-17-25-22-13-20(8-9-23(22)29)21-14-26-27-15-21/h8-9,13-15,17-19H,1-7,10-12,16H2,(H,26,27). The number of amides is 1. The van der Waals surface area contributed by atoms with Crippen LogP contribution in [0.5, 0.6) is 0 Å². The lowest BCUT2D eigenvalue weighted by molar-refractivity contribution is -0.136. The molecule has 158 valence electrons. The molecule has 1 amide bonds. The van der Waals surface area contributed by atoms with E-state index in [1.54, 1.807) is 0 Å². The van der Waals surface area contributed by atoms with Gasteiger partial charge in [0.15, 0.2) is 0 Å². The lowest BCUT2D eigenvalue weighted by Gasteiger charge is -2.28. The number of hydrogen-bond acceptors (Lipinski definition) is 3. The molecule has 1 aliphatic heterocycles. The topological polar surface area (TPSA) is 66.8 Å². The zero-order valence-corrected chi connectivity index (χ0v) is 17.6. The number of carbonyl (C=O) groups is 1. The zero-order valence-electron chi connectivity index (χ0n) is 17.6. The molecule has 1 aliphatic carbocycles. The fraction of sp³-hybridized carbons (Fsp3) is 0.542. The van der Waals surface area contributed by atoms with Gasteiger partial charge in [0.05, 0.1) is 23.6 Å². The minimum atomic E-state index is 0.289. The largest absolute Gasteiger partial charge is 0.342 e. The Morgan fingerprint density at radius 2 is 1.93 bits per heavy atom. The van der Waals surface area contributed by atoms with Gasteiger partial charge in [-0.25, -0.2) is 4.98 Å². The summed E-state index contributed by atoms with van der Waals surface area (Å²) >= 11 is 0. The van der Waals surface area contributed by atoms with Crippen molar-refractivity contribution in [2.75, 3.05) is 13.1 Å². The number of imidazole rings is 1. The Hall–Kier alpha value is -2.63. The van der Waals surface area contributed by atoms with Crippen molar-refractivity contribution in [3.63, 3.8) is 0 Å². The molecule has 3 aromatic rings. The van der Waals surface area contributed by atoms with Gasteiger partial charge in [0.25, 0.3) is 0 Å². The molecule has 6 nitrogen and oxygen atoms in total. The van der Waals surface area contributed by atoms with Crippen LogP contribution < -0.4 is 0 Å². The minimum absolute atomic E-state index is 0.289. The van der Waals surface area contributed by atoms with Gasteiger partial charge in [0.2, 0.25) is 5.91 Å². The smallest absolute Gasteiger partial charge is 0.225 e. The summed E-state index contributed by atoms with van der Waals surface area (Å²) in [7, 11) is 0. The van der Waals surface area contributed by atoms with Crippen LogP contribution in [0.4, 0.5) is 0 Å². The molecule has 0 radical (unpaired) electrons. The van der Waals surface area contributed by atoms with E-state index in [0.29, 0.717) is 11.8 Å². The van der Waals surface area contributed by atoms with E-state index in [9.17, 15) is 4.79 Å². The molecule has 1 saturated heterocycles. The van der Waals surface area contributed by atoms with Crippen molar-refractivity contribution in [1.29, 1.82) is 0 Å². The van der Waals surface area contributed by atoms with E-state index >= 15 is 0 Å². The summed E-state index contributed by atoms with van der Waals surface area (Å²) in [5, 5.41) is 6.91. The maximum absolute atomic E-state index is 12.9. The van der Waals surface area contributed by atoms with Crippen LogP contribution in [0.25, 0.3) is 22.2 Å². The average Bonchev–Trinajstić information content (AvgIpc) is 3.40. The molecule has 0 bridgehead atoms. The lowest BCUT2D eigenvalue weighted by atomic mass is 9.88. The van der Waals surface area contributed by atoms with Crippen LogP contribution in [-0.2, 0) is 11.3 Å². The Bertz CT molecular complexity index is 986. The SMILES string of the molecule is O=C(C1CCCCC1)N1CCCC(Cn2cnc3cc(-c4cn[nH]c4)ccc32)CC1. The number of hydrogen-bond donors (Lipinski definition) is 1. The number of nitrogens with zero attached hydrogens (tertiary/aromatic N) is 4. The van der Waals surface area contributed by atoms with Crippen LogP contribution in [-0.4, -0.2) is 43.6 Å². The average molecular weight is 406 g/mol. The second kappa shape index (κ2) is 8.62. The summed E-state index contributed by atoms with van der Waals surface area (Å²) in [5.74, 6) is 1.31. The normalized spacial score (nSPS) is 21.1. The van der Waals surface area contributed by atoms with Gasteiger partial charge in [0.1, 0.15) is 0 Å². The first-order valence-corrected chi connectivity index (χ1v) is 11.5. The third-order valence-electron chi connectivity index (χ3n) is 7.02. The second-order valence-corrected chi connectivity index (χ2v) is 9.04. The molecule has 2 fully saturated rings. The maximum atomic E-state index is 12.9. The van der Waals surface area contributed by atoms with Crippen LogP contribution in [0.15, 0.2) is 36.9 Å². The van der Waals surface area contributed by atoms with E-state index in [1.807, 2.05) is 18.7 Å². The summed E-state index contributed by atoms with van der Waals surface area (Å²) in [6.07, 6.45) is 15.0. The summed E-state index contributed by atoms with van der Waals surface area (Å²) in [5.41, 5.74) is 4.42. The highest BCUT2D eigenvalue weighted by molar-refractivity contribution is 5.82. The van der Waals surface area contributed by atoms with E-state index in [-0.39, 0.29) is 5.92 Å². The second-order valence-electron chi connectivity index (χ2n) is 9.04. The predicted octanol–water partition coefficient (Wildman–Crippen LogP) is 4.64. The Labute approximate surface area is 177 Å². The number of aromatic nitrogens is 4. The van der Waals surface area contributed by atoms with Gasteiger partial charge in [-0.1, -0.05) is 25.3 Å². The van der Waals surface area contributed by atoms with Gasteiger partial charge in [-0.15, -0.1) is 0 Å². The molecule has 2 aliphatic rings. The molecular formula is C24H31N5O. The number of benzene rings is 1. The van der Waals surface area contributed by atoms with Gasteiger partial charge in [0, 0.05) is 37.3 Å².